The molecule has 17 heavy (non-hydrogen) atoms. The van der Waals surface area contributed by atoms with Gasteiger partial charge in [-0.3, -0.25) is 0 Å². The fourth-order valence-electron chi connectivity index (χ4n) is 2.96. The van der Waals surface area contributed by atoms with Crippen LogP contribution in [0.1, 0.15) is 44.4 Å². The fourth-order valence-corrected chi connectivity index (χ4v) is 2.96. The number of benzene rings is 1. The summed E-state index contributed by atoms with van der Waals surface area (Å²) in [5.41, 5.74) is 5.01. The third-order valence-corrected chi connectivity index (χ3v) is 5.02. The molecule has 0 spiro atoms. The normalized spacial score (nSPS) is 21.5. The first kappa shape index (κ1) is 12.6. The van der Waals surface area contributed by atoms with Crippen molar-refractivity contribution in [3.8, 4) is 0 Å². The molecule has 0 radical (unpaired) electrons. The van der Waals surface area contributed by atoms with Crippen molar-refractivity contribution >= 4 is 0 Å². The first-order valence-corrected chi connectivity index (χ1v) is 6.56. The van der Waals surface area contributed by atoms with Crippen LogP contribution in [0.4, 0.5) is 0 Å². The van der Waals surface area contributed by atoms with Gasteiger partial charge in [-0.1, -0.05) is 51.5 Å². The van der Waals surface area contributed by atoms with Crippen molar-refractivity contribution in [2.24, 2.45) is 10.8 Å². The average molecular weight is 231 g/mol. The maximum absolute atomic E-state index is 3.71. The fraction of sp³-hybridized carbons (Fsp3) is 0.625. The SMILES string of the molecule is Cc1ccc(CNC2C(C)(C)C2(C)C)c(C)c1. The van der Waals surface area contributed by atoms with Gasteiger partial charge in [0.25, 0.3) is 0 Å². The highest BCUT2D eigenvalue weighted by Crippen LogP contribution is 2.62. The second kappa shape index (κ2) is 3.84. The summed E-state index contributed by atoms with van der Waals surface area (Å²) in [7, 11) is 0. The van der Waals surface area contributed by atoms with E-state index in [0.717, 1.165) is 6.54 Å². The lowest BCUT2D eigenvalue weighted by atomic mass is 10.0. The van der Waals surface area contributed by atoms with Crippen LogP contribution in [-0.4, -0.2) is 6.04 Å². The Morgan fingerprint density at radius 2 is 1.65 bits per heavy atom. The van der Waals surface area contributed by atoms with Gasteiger partial charge in [-0.05, 0) is 35.8 Å². The van der Waals surface area contributed by atoms with Crippen molar-refractivity contribution in [1.82, 2.24) is 5.32 Å². The highest BCUT2D eigenvalue weighted by atomic mass is 15.0. The molecule has 0 aromatic heterocycles. The van der Waals surface area contributed by atoms with E-state index >= 15 is 0 Å². The summed E-state index contributed by atoms with van der Waals surface area (Å²) in [6, 6.07) is 7.35. The van der Waals surface area contributed by atoms with Crippen molar-refractivity contribution in [3.63, 3.8) is 0 Å². The van der Waals surface area contributed by atoms with E-state index in [9.17, 15) is 0 Å². The Morgan fingerprint density at radius 1 is 1.06 bits per heavy atom. The van der Waals surface area contributed by atoms with Gasteiger partial charge in [-0.15, -0.1) is 0 Å². The first-order chi connectivity index (χ1) is 7.76. The van der Waals surface area contributed by atoms with E-state index in [4.69, 9.17) is 0 Å². The van der Waals surface area contributed by atoms with Crippen molar-refractivity contribution in [1.29, 1.82) is 0 Å². The predicted octanol–water partition coefficient (Wildman–Crippen LogP) is 3.83. The summed E-state index contributed by atoms with van der Waals surface area (Å²) in [4.78, 5) is 0. The van der Waals surface area contributed by atoms with Gasteiger partial charge in [0.05, 0.1) is 0 Å². The summed E-state index contributed by atoms with van der Waals surface area (Å²) >= 11 is 0. The van der Waals surface area contributed by atoms with Gasteiger partial charge in [-0.2, -0.15) is 0 Å². The molecule has 1 fully saturated rings. The van der Waals surface area contributed by atoms with Crippen LogP contribution in [0.25, 0.3) is 0 Å². The predicted molar refractivity (Wildman–Crippen MR) is 74.1 cm³/mol. The highest BCUT2D eigenvalue weighted by Gasteiger charge is 2.64. The maximum Gasteiger partial charge on any atom is 0.0211 e. The van der Waals surface area contributed by atoms with E-state index in [0.29, 0.717) is 16.9 Å². The van der Waals surface area contributed by atoms with E-state index in [2.05, 4.69) is 65.1 Å². The van der Waals surface area contributed by atoms with E-state index in [1.54, 1.807) is 0 Å². The second-order valence-corrected chi connectivity index (χ2v) is 6.69. The Morgan fingerprint density at radius 3 is 2.12 bits per heavy atom. The molecular formula is C16H25N. The Balaban J connectivity index is 2.00. The molecule has 94 valence electrons. The zero-order chi connectivity index (χ0) is 12.8. The van der Waals surface area contributed by atoms with Gasteiger partial charge in [-0.25, -0.2) is 0 Å². The van der Waals surface area contributed by atoms with Crippen molar-refractivity contribution < 1.29 is 0 Å². The van der Waals surface area contributed by atoms with Crippen LogP contribution < -0.4 is 5.32 Å². The molecule has 0 atom stereocenters. The van der Waals surface area contributed by atoms with E-state index in [-0.39, 0.29) is 0 Å². The second-order valence-electron chi connectivity index (χ2n) is 6.69. The molecule has 0 saturated heterocycles. The lowest BCUT2D eigenvalue weighted by molar-refractivity contribution is 0.457. The Bertz CT molecular complexity index is 415. The highest BCUT2D eigenvalue weighted by molar-refractivity contribution is 5.31. The zero-order valence-corrected chi connectivity index (χ0v) is 12.0. The van der Waals surface area contributed by atoms with Crippen molar-refractivity contribution in [3.05, 3.63) is 34.9 Å². The lowest BCUT2D eigenvalue weighted by Gasteiger charge is -2.10. The van der Waals surface area contributed by atoms with Crippen LogP contribution in [-0.2, 0) is 6.54 Å². The third-order valence-electron chi connectivity index (χ3n) is 5.02. The molecule has 1 heteroatoms. The quantitative estimate of drug-likeness (QED) is 0.833. The number of hydrogen-bond donors (Lipinski definition) is 1. The van der Waals surface area contributed by atoms with Gasteiger partial charge in [0.2, 0.25) is 0 Å². The van der Waals surface area contributed by atoms with Gasteiger partial charge < -0.3 is 5.32 Å². The van der Waals surface area contributed by atoms with E-state index < -0.39 is 0 Å². The van der Waals surface area contributed by atoms with Crippen molar-refractivity contribution in [2.45, 2.75) is 54.1 Å². The molecule has 1 N–H and O–H groups in total. The molecule has 1 aliphatic carbocycles. The minimum atomic E-state index is 0.422. The van der Waals surface area contributed by atoms with Crippen LogP contribution in [0.3, 0.4) is 0 Å². The summed E-state index contributed by atoms with van der Waals surface area (Å²) in [6.07, 6.45) is 0. The molecule has 0 amide bonds. The van der Waals surface area contributed by atoms with Crippen molar-refractivity contribution in [2.75, 3.05) is 0 Å². The van der Waals surface area contributed by atoms with Crippen LogP contribution in [0, 0.1) is 24.7 Å². The smallest absolute Gasteiger partial charge is 0.0211 e. The number of aryl methyl sites for hydroxylation is 2. The summed E-state index contributed by atoms with van der Waals surface area (Å²) in [5.74, 6) is 0. The largest absolute Gasteiger partial charge is 0.309 e. The molecule has 1 aromatic rings. The van der Waals surface area contributed by atoms with Crippen LogP contribution in [0.5, 0.6) is 0 Å². The maximum atomic E-state index is 3.71. The molecule has 1 nitrogen and oxygen atoms in total. The van der Waals surface area contributed by atoms with E-state index in [1.807, 2.05) is 0 Å². The first-order valence-electron chi connectivity index (χ1n) is 6.56. The van der Waals surface area contributed by atoms with Crippen LogP contribution >= 0.6 is 0 Å². The van der Waals surface area contributed by atoms with Gasteiger partial charge in [0, 0.05) is 12.6 Å². The summed E-state index contributed by atoms with van der Waals surface area (Å²) in [5, 5.41) is 3.71. The number of rotatable bonds is 3. The molecule has 0 aliphatic heterocycles. The monoisotopic (exact) mass is 231 g/mol. The lowest BCUT2D eigenvalue weighted by Crippen LogP contribution is -2.22. The molecule has 0 unspecified atom stereocenters. The van der Waals surface area contributed by atoms with Crippen LogP contribution in [0.2, 0.25) is 0 Å². The minimum absolute atomic E-state index is 0.422. The molecular weight excluding hydrogens is 206 g/mol. The molecule has 1 aliphatic rings. The Labute approximate surface area is 106 Å². The Kier molecular flexibility index (Phi) is 2.86. The molecule has 0 heterocycles. The third kappa shape index (κ3) is 2.01. The van der Waals surface area contributed by atoms with Crippen LogP contribution in [0.15, 0.2) is 18.2 Å². The molecule has 0 bridgehead atoms. The topological polar surface area (TPSA) is 12.0 Å². The van der Waals surface area contributed by atoms with E-state index in [1.165, 1.54) is 16.7 Å². The molecule has 1 aromatic carbocycles. The average Bonchev–Trinajstić information content (AvgIpc) is 2.58. The molecule has 1 saturated carbocycles. The number of hydrogen-bond acceptors (Lipinski definition) is 1. The standard InChI is InChI=1S/C16H25N/c1-11-7-8-13(12(2)9-11)10-17-14-15(3,4)16(14,5)6/h7-9,14,17H,10H2,1-6H3. The van der Waals surface area contributed by atoms with Gasteiger partial charge >= 0.3 is 0 Å². The minimum Gasteiger partial charge on any atom is -0.309 e. The Hall–Kier alpha value is -0.820. The number of nitrogens with one attached hydrogen (secondary N) is 1. The molecule has 2 rings (SSSR count). The summed E-state index contributed by atoms with van der Waals surface area (Å²) in [6.45, 7) is 14.8. The zero-order valence-electron chi connectivity index (χ0n) is 12.0. The summed E-state index contributed by atoms with van der Waals surface area (Å²) < 4.78 is 0. The van der Waals surface area contributed by atoms with Gasteiger partial charge in [0.1, 0.15) is 0 Å². The van der Waals surface area contributed by atoms with Gasteiger partial charge in [0.15, 0.2) is 0 Å².